The van der Waals surface area contributed by atoms with Crippen LogP contribution in [0, 0.1) is 23.0 Å². The summed E-state index contributed by atoms with van der Waals surface area (Å²) >= 11 is 0. The maximum absolute atomic E-state index is 12.8. The summed E-state index contributed by atoms with van der Waals surface area (Å²) < 4.78 is 23.4. The van der Waals surface area contributed by atoms with E-state index in [0.29, 0.717) is 28.2 Å². The zero-order valence-electron chi connectivity index (χ0n) is 14.1. The fraction of sp³-hybridized carbons (Fsp3) is 0.118. The summed E-state index contributed by atoms with van der Waals surface area (Å²) in [6.07, 6.45) is 1.31. The van der Waals surface area contributed by atoms with Crippen molar-refractivity contribution in [3.63, 3.8) is 0 Å². The second-order valence-corrected chi connectivity index (χ2v) is 7.55. The summed E-state index contributed by atoms with van der Waals surface area (Å²) in [6.45, 7) is 1.78. The lowest BCUT2D eigenvalue weighted by atomic mass is 10.1. The number of nitriles is 1. The average Bonchev–Trinajstić information content (AvgIpc) is 2.96. The Hall–Kier alpha value is -3.22. The Bertz CT molecular complexity index is 1150. The van der Waals surface area contributed by atoms with E-state index in [9.17, 15) is 9.00 Å². The fourth-order valence-electron chi connectivity index (χ4n) is 2.55. The Morgan fingerprint density at radius 1 is 1.27 bits per heavy atom. The molecule has 1 aromatic carbocycles. The molecule has 0 fully saturated rings. The molecule has 9 heteroatoms. The highest BCUT2D eigenvalue weighted by atomic mass is 32.2. The fourth-order valence-corrected chi connectivity index (χ4v) is 3.25. The minimum atomic E-state index is -3.10. The summed E-state index contributed by atoms with van der Waals surface area (Å²) in [5, 5.41) is 11.9. The van der Waals surface area contributed by atoms with Crippen molar-refractivity contribution in [2.75, 3.05) is 7.05 Å². The van der Waals surface area contributed by atoms with Gasteiger partial charge in [-0.1, -0.05) is 12.1 Å². The molecular weight excluding hydrogens is 352 g/mol. The highest BCUT2D eigenvalue weighted by molar-refractivity contribution is 7.90. The van der Waals surface area contributed by atoms with Gasteiger partial charge in [0.1, 0.15) is 9.92 Å². The van der Waals surface area contributed by atoms with Crippen LogP contribution in [0.3, 0.4) is 0 Å². The predicted molar refractivity (Wildman–Crippen MR) is 97.3 cm³/mol. The number of H-pyrrole nitrogens is 1. The van der Waals surface area contributed by atoms with Crippen molar-refractivity contribution in [1.82, 2.24) is 19.5 Å². The Labute approximate surface area is 150 Å². The smallest absolute Gasteiger partial charge is 0.280 e. The highest BCUT2D eigenvalue weighted by Crippen LogP contribution is 2.20. The Balaban J connectivity index is 2.05. The lowest BCUT2D eigenvalue weighted by Gasteiger charge is -2.06. The van der Waals surface area contributed by atoms with Gasteiger partial charge in [-0.15, -0.1) is 0 Å². The van der Waals surface area contributed by atoms with Gasteiger partial charge in [0, 0.05) is 11.9 Å². The van der Waals surface area contributed by atoms with Crippen molar-refractivity contribution in [2.45, 2.75) is 11.8 Å². The monoisotopic (exact) mass is 368 g/mol. The van der Waals surface area contributed by atoms with Gasteiger partial charge in [-0.3, -0.25) is 9.89 Å². The number of pyridine rings is 1. The van der Waals surface area contributed by atoms with E-state index in [0.717, 1.165) is 0 Å². The highest BCUT2D eigenvalue weighted by Gasteiger charge is 2.16. The van der Waals surface area contributed by atoms with Crippen LogP contribution in [0.25, 0.3) is 16.9 Å². The average molecular weight is 368 g/mol. The van der Waals surface area contributed by atoms with Gasteiger partial charge < -0.3 is 0 Å². The molecule has 0 saturated carbocycles. The molecule has 0 aliphatic heterocycles. The quantitative estimate of drug-likeness (QED) is 0.650. The Morgan fingerprint density at radius 3 is 2.50 bits per heavy atom. The van der Waals surface area contributed by atoms with Crippen LogP contribution in [0.15, 0.2) is 52.3 Å². The summed E-state index contributed by atoms with van der Waals surface area (Å²) in [4.78, 5) is 17.2. The van der Waals surface area contributed by atoms with E-state index < -0.39 is 9.92 Å². The number of aromatic nitrogens is 3. The number of nitrogens with one attached hydrogen (secondary N) is 3. The number of aromatic amines is 1. The summed E-state index contributed by atoms with van der Waals surface area (Å²) in [7, 11) is -1.66. The van der Waals surface area contributed by atoms with Crippen LogP contribution in [0.5, 0.6) is 0 Å². The molecule has 0 spiro atoms. The third kappa shape index (κ3) is 3.03. The molecule has 0 aliphatic rings. The first-order valence-electron chi connectivity index (χ1n) is 7.63. The van der Waals surface area contributed by atoms with Crippen molar-refractivity contribution in [2.24, 2.45) is 0 Å². The van der Waals surface area contributed by atoms with Gasteiger partial charge in [0.15, 0.2) is 5.82 Å². The van der Waals surface area contributed by atoms with Crippen molar-refractivity contribution < 1.29 is 4.21 Å². The molecule has 3 rings (SSSR count). The molecule has 0 radical (unpaired) electrons. The SMILES string of the molecule is CNS(=N)(=O)c1ccc(-n2[nH]c(C)c(-c3ccc(C#N)cc3)c2=O)nc1. The number of aryl methyl sites for hydroxylation is 1. The van der Waals surface area contributed by atoms with Crippen molar-refractivity contribution >= 4 is 9.92 Å². The third-order valence-electron chi connectivity index (χ3n) is 3.94. The molecule has 2 heterocycles. The second kappa shape index (κ2) is 6.59. The lowest BCUT2D eigenvalue weighted by Crippen LogP contribution is -2.19. The Morgan fingerprint density at radius 2 is 1.96 bits per heavy atom. The minimum Gasteiger partial charge on any atom is -0.293 e. The molecule has 3 N–H and O–H groups in total. The first-order chi connectivity index (χ1) is 12.4. The molecule has 8 nitrogen and oxygen atoms in total. The van der Waals surface area contributed by atoms with Gasteiger partial charge in [-0.25, -0.2) is 23.4 Å². The summed E-state index contributed by atoms with van der Waals surface area (Å²) in [6, 6.07) is 11.8. The van der Waals surface area contributed by atoms with Gasteiger partial charge >= 0.3 is 0 Å². The van der Waals surface area contributed by atoms with Crippen LogP contribution >= 0.6 is 0 Å². The molecule has 2 aromatic heterocycles. The lowest BCUT2D eigenvalue weighted by molar-refractivity contribution is 0.668. The van der Waals surface area contributed by atoms with Gasteiger partial charge in [0.2, 0.25) is 0 Å². The van der Waals surface area contributed by atoms with E-state index in [-0.39, 0.29) is 10.5 Å². The summed E-state index contributed by atoms with van der Waals surface area (Å²) in [5.41, 5.74) is 2.07. The minimum absolute atomic E-state index is 0.229. The predicted octanol–water partition coefficient (Wildman–Crippen LogP) is 1.95. The van der Waals surface area contributed by atoms with Gasteiger partial charge in [-0.05, 0) is 43.8 Å². The molecule has 0 saturated heterocycles. The molecule has 0 aliphatic carbocycles. The topological polar surface area (TPSA) is 127 Å². The van der Waals surface area contributed by atoms with Crippen LogP contribution in [0.4, 0.5) is 0 Å². The molecule has 1 atom stereocenters. The van der Waals surface area contributed by atoms with Crippen LogP contribution in [-0.2, 0) is 9.92 Å². The zero-order valence-corrected chi connectivity index (χ0v) is 14.9. The van der Waals surface area contributed by atoms with Crippen LogP contribution in [0.2, 0.25) is 0 Å². The molecule has 3 aromatic rings. The van der Waals surface area contributed by atoms with E-state index in [4.69, 9.17) is 10.0 Å². The standard InChI is InChI=1S/C17H16N6O2S/c1-11-16(13-5-3-12(9-18)4-6-13)17(24)23(22-11)15-8-7-14(10-21-15)26(19,25)20-2/h3-8,10,22H,1-2H3,(H2,19,20,25). The zero-order chi connectivity index (χ0) is 18.9. The van der Waals surface area contributed by atoms with E-state index in [2.05, 4.69) is 14.8 Å². The van der Waals surface area contributed by atoms with Crippen LogP contribution < -0.4 is 10.3 Å². The van der Waals surface area contributed by atoms with Crippen LogP contribution in [-0.4, -0.2) is 26.0 Å². The van der Waals surface area contributed by atoms with E-state index in [1.807, 2.05) is 6.07 Å². The van der Waals surface area contributed by atoms with Gasteiger partial charge in [-0.2, -0.15) is 5.26 Å². The van der Waals surface area contributed by atoms with Crippen molar-refractivity contribution in [3.05, 3.63) is 64.2 Å². The maximum Gasteiger partial charge on any atom is 0.280 e. The number of benzene rings is 1. The molecule has 0 bridgehead atoms. The number of hydrogen-bond acceptors (Lipinski definition) is 5. The van der Waals surface area contributed by atoms with Gasteiger partial charge in [0.25, 0.3) is 5.56 Å². The summed E-state index contributed by atoms with van der Waals surface area (Å²) in [5.74, 6) is 0.327. The van der Waals surface area contributed by atoms with Crippen molar-refractivity contribution in [3.8, 4) is 23.0 Å². The molecule has 26 heavy (non-hydrogen) atoms. The number of nitrogens with zero attached hydrogens (tertiary/aromatic N) is 3. The third-order valence-corrected chi connectivity index (χ3v) is 5.42. The molecule has 132 valence electrons. The largest absolute Gasteiger partial charge is 0.293 e. The Kier molecular flexibility index (Phi) is 4.46. The van der Waals surface area contributed by atoms with Crippen molar-refractivity contribution in [1.29, 1.82) is 10.0 Å². The normalized spacial score (nSPS) is 13.1. The van der Waals surface area contributed by atoms with E-state index >= 15 is 0 Å². The number of rotatable bonds is 4. The molecule has 1 unspecified atom stereocenters. The maximum atomic E-state index is 12.8. The first kappa shape index (κ1) is 17.6. The number of hydrogen-bond donors (Lipinski definition) is 3. The van der Waals surface area contributed by atoms with Crippen LogP contribution in [0.1, 0.15) is 11.3 Å². The second-order valence-electron chi connectivity index (χ2n) is 5.55. The van der Waals surface area contributed by atoms with E-state index in [1.54, 1.807) is 31.2 Å². The van der Waals surface area contributed by atoms with Gasteiger partial charge in [0.05, 0.1) is 22.1 Å². The van der Waals surface area contributed by atoms with E-state index in [1.165, 1.54) is 30.1 Å². The molecular formula is C17H16N6O2S. The molecule has 0 amide bonds. The first-order valence-corrected chi connectivity index (χ1v) is 9.19.